The summed E-state index contributed by atoms with van der Waals surface area (Å²) in [6.45, 7) is 0.995. The summed E-state index contributed by atoms with van der Waals surface area (Å²) >= 11 is 3.30. The third-order valence-corrected chi connectivity index (χ3v) is 2.51. The molecule has 0 heterocycles. The molecule has 1 aromatic carbocycles. The molecule has 0 aliphatic heterocycles. The summed E-state index contributed by atoms with van der Waals surface area (Å²) in [5.41, 5.74) is 0.583. The van der Waals surface area contributed by atoms with Crippen molar-refractivity contribution in [3.05, 3.63) is 28.2 Å². The Morgan fingerprint density at radius 2 is 2.21 bits per heavy atom. The number of ether oxygens (including phenoxy) is 2. The molecule has 0 N–H and O–H groups in total. The summed E-state index contributed by atoms with van der Waals surface area (Å²) in [7, 11) is 1.61. The van der Waals surface area contributed by atoms with Crippen LogP contribution < -0.4 is 4.74 Å². The quantitative estimate of drug-likeness (QED) is 0.601. The van der Waals surface area contributed by atoms with Gasteiger partial charge in [0.1, 0.15) is 12.4 Å². The van der Waals surface area contributed by atoms with Gasteiger partial charge in [0.05, 0.1) is 11.1 Å². The number of halogens is 1. The fourth-order valence-corrected chi connectivity index (χ4v) is 1.44. The van der Waals surface area contributed by atoms with Crippen molar-refractivity contribution in [2.45, 2.75) is 0 Å². The van der Waals surface area contributed by atoms with Crippen molar-refractivity contribution in [1.29, 1.82) is 0 Å². The molecule has 14 heavy (non-hydrogen) atoms. The molecule has 0 amide bonds. The number of methoxy groups -OCH3 is 1. The molecule has 0 spiro atoms. The Labute approximate surface area is 91.1 Å². The molecule has 0 saturated carbocycles. The molecule has 0 saturated heterocycles. The minimum absolute atomic E-state index is 0.470. The summed E-state index contributed by atoms with van der Waals surface area (Å²) in [5, 5.41) is 0. The summed E-state index contributed by atoms with van der Waals surface area (Å²) < 4.78 is 10.9. The predicted octanol–water partition coefficient (Wildman–Crippen LogP) is 2.29. The minimum atomic E-state index is 0.470. The van der Waals surface area contributed by atoms with Gasteiger partial charge in [-0.1, -0.05) is 12.1 Å². The maximum Gasteiger partial charge on any atom is 0.151 e. The van der Waals surface area contributed by atoms with E-state index in [-0.39, 0.29) is 0 Å². The van der Waals surface area contributed by atoms with E-state index in [0.29, 0.717) is 29.0 Å². The van der Waals surface area contributed by atoms with E-state index in [2.05, 4.69) is 15.9 Å². The van der Waals surface area contributed by atoms with Gasteiger partial charge in [0.15, 0.2) is 6.29 Å². The second-order valence-electron chi connectivity index (χ2n) is 2.62. The van der Waals surface area contributed by atoms with Crippen molar-refractivity contribution in [3.8, 4) is 5.75 Å². The van der Waals surface area contributed by atoms with E-state index in [1.54, 1.807) is 25.3 Å². The first-order valence-electron chi connectivity index (χ1n) is 4.15. The Bertz CT molecular complexity index is 312. The zero-order chi connectivity index (χ0) is 10.4. The van der Waals surface area contributed by atoms with Crippen LogP contribution in [0.2, 0.25) is 0 Å². The predicted molar refractivity (Wildman–Crippen MR) is 56.9 cm³/mol. The van der Waals surface area contributed by atoms with Crippen LogP contribution in [-0.4, -0.2) is 26.6 Å². The fraction of sp³-hybridized carbons (Fsp3) is 0.300. The van der Waals surface area contributed by atoms with Crippen molar-refractivity contribution in [3.63, 3.8) is 0 Å². The summed E-state index contributed by atoms with van der Waals surface area (Å²) in [5.74, 6) is 0.659. The van der Waals surface area contributed by atoms with Crippen LogP contribution in [0.5, 0.6) is 5.75 Å². The van der Waals surface area contributed by atoms with Crippen LogP contribution in [0.1, 0.15) is 10.4 Å². The number of rotatable bonds is 5. The SMILES string of the molecule is COCCOc1cccc(C=O)c1Br. The highest BCUT2D eigenvalue weighted by Gasteiger charge is 2.04. The maximum atomic E-state index is 10.6. The molecule has 0 fully saturated rings. The number of hydrogen-bond donors (Lipinski definition) is 0. The van der Waals surface area contributed by atoms with Gasteiger partial charge in [-0.25, -0.2) is 0 Å². The molecule has 0 unspecified atom stereocenters. The highest BCUT2D eigenvalue weighted by atomic mass is 79.9. The Balaban J connectivity index is 2.71. The smallest absolute Gasteiger partial charge is 0.151 e. The summed E-state index contributed by atoms with van der Waals surface area (Å²) in [4.78, 5) is 10.6. The van der Waals surface area contributed by atoms with Gasteiger partial charge in [-0.3, -0.25) is 4.79 Å². The summed E-state index contributed by atoms with van der Waals surface area (Å²) in [6.07, 6.45) is 0.785. The van der Waals surface area contributed by atoms with Crippen molar-refractivity contribution in [1.82, 2.24) is 0 Å². The zero-order valence-electron chi connectivity index (χ0n) is 7.83. The van der Waals surface area contributed by atoms with Crippen LogP contribution in [0.3, 0.4) is 0 Å². The van der Waals surface area contributed by atoms with Crippen LogP contribution in [0.25, 0.3) is 0 Å². The first-order chi connectivity index (χ1) is 6.79. The average Bonchev–Trinajstić information content (AvgIpc) is 2.21. The van der Waals surface area contributed by atoms with Gasteiger partial charge < -0.3 is 9.47 Å². The lowest BCUT2D eigenvalue weighted by atomic mass is 10.2. The third kappa shape index (κ3) is 2.82. The fourth-order valence-electron chi connectivity index (χ4n) is 0.965. The lowest BCUT2D eigenvalue weighted by Gasteiger charge is -2.08. The molecular formula is C10H11BrO3. The van der Waals surface area contributed by atoms with Crippen molar-refractivity contribution >= 4 is 22.2 Å². The Kier molecular flexibility index (Phi) is 4.62. The van der Waals surface area contributed by atoms with E-state index >= 15 is 0 Å². The molecule has 0 aromatic heterocycles. The van der Waals surface area contributed by atoms with E-state index < -0.39 is 0 Å². The molecule has 1 rings (SSSR count). The molecule has 0 radical (unpaired) electrons. The number of carbonyl (C=O) groups excluding carboxylic acids is 1. The molecule has 76 valence electrons. The van der Waals surface area contributed by atoms with Crippen LogP contribution >= 0.6 is 15.9 Å². The molecule has 0 atom stereocenters. The number of aldehydes is 1. The average molecular weight is 259 g/mol. The molecule has 4 heteroatoms. The highest BCUT2D eigenvalue weighted by molar-refractivity contribution is 9.10. The van der Waals surface area contributed by atoms with Gasteiger partial charge in [-0.2, -0.15) is 0 Å². The molecule has 0 aliphatic carbocycles. The second kappa shape index (κ2) is 5.78. The molecule has 0 aliphatic rings. The first kappa shape index (κ1) is 11.2. The lowest BCUT2D eigenvalue weighted by Crippen LogP contribution is -2.05. The van der Waals surface area contributed by atoms with Gasteiger partial charge >= 0.3 is 0 Å². The number of carbonyl (C=O) groups is 1. The number of benzene rings is 1. The maximum absolute atomic E-state index is 10.6. The molecular weight excluding hydrogens is 248 g/mol. The van der Waals surface area contributed by atoms with Crippen LogP contribution in [0.15, 0.2) is 22.7 Å². The Morgan fingerprint density at radius 1 is 1.43 bits per heavy atom. The highest BCUT2D eigenvalue weighted by Crippen LogP contribution is 2.27. The number of hydrogen-bond acceptors (Lipinski definition) is 3. The van der Waals surface area contributed by atoms with Crippen molar-refractivity contribution < 1.29 is 14.3 Å². The van der Waals surface area contributed by atoms with E-state index in [1.807, 2.05) is 0 Å². The lowest BCUT2D eigenvalue weighted by molar-refractivity contribution is 0.112. The Morgan fingerprint density at radius 3 is 2.86 bits per heavy atom. The molecule has 0 bridgehead atoms. The normalized spacial score (nSPS) is 9.86. The van der Waals surface area contributed by atoms with Crippen molar-refractivity contribution in [2.24, 2.45) is 0 Å². The topological polar surface area (TPSA) is 35.5 Å². The van der Waals surface area contributed by atoms with E-state index in [1.165, 1.54) is 0 Å². The third-order valence-electron chi connectivity index (χ3n) is 1.67. The zero-order valence-corrected chi connectivity index (χ0v) is 9.41. The van der Waals surface area contributed by atoms with E-state index in [4.69, 9.17) is 9.47 Å². The van der Waals surface area contributed by atoms with E-state index in [9.17, 15) is 4.79 Å². The second-order valence-corrected chi connectivity index (χ2v) is 3.41. The van der Waals surface area contributed by atoms with Gasteiger partial charge in [0, 0.05) is 12.7 Å². The van der Waals surface area contributed by atoms with Gasteiger partial charge in [-0.05, 0) is 22.0 Å². The van der Waals surface area contributed by atoms with Crippen LogP contribution in [0.4, 0.5) is 0 Å². The summed E-state index contributed by atoms with van der Waals surface area (Å²) in [6, 6.07) is 5.30. The van der Waals surface area contributed by atoms with E-state index in [0.717, 1.165) is 6.29 Å². The van der Waals surface area contributed by atoms with Gasteiger partial charge in [-0.15, -0.1) is 0 Å². The monoisotopic (exact) mass is 258 g/mol. The standard InChI is InChI=1S/C10H11BrO3/c1-13-5-6-14-9-4-2-3-8(7-12)10(9)11/h2-4,7H,5-6H2,1H3. The van der Waals surface area contributed by atoms with Crippen molar-refractivity contribution in [2.75, 3.05) is 20.3 Å². The van der Waals surface area contributed by atoms with Crippen LogP contribution in [-0.2, 0) is 4.74 Å². The Hall–Kier alpha value is -0.870. The first-order valence-corrected chi connectivity index (χ1v) is 4.94. The van der Waals surface area contributed by atoms with Gasteiger partial charge in [0.2, 0.25) is 0 Å². The minimum Gasteiger partial charge on any atom is -0.490 e. The van der Waals surface area contributed by atoms with Crippen LogP contribution in [0, 0.1) is 0 Å². The molecule has 3 nitrogen and oxygen atoms in total. The van der Waals surface area contributed by atoms with Gasteiger partial charge in [0.25, 0.3) is 0 Å². The molecule has 1 aromatic rings. The largest absolute Gasteiger partial charge is 0.490 e.